The lowest BCUT2D eigenvalue weighted by molar-refractivity contribution is -0.132. The summed E-state index contributed by atoms with van der Waals surface area (Å²) in [6, 6.07) is 4.10. The van der Waals surface area contributed by atoms with Gasteiger partial charge >= 0.3 is 0 Å². The van der Waals surface area contributed by atoms with E-state index in [0.29, 0.717) is 12.5 Å². The summed E-state index contributed by atoms with van der Waals surface area (Å²) in [7, 11) is 1.89. The van der Waals surface area contributed by atoms with E-state index in [0.717, 1.165) is 32.6 Å². The summed E-state index contributed by atoms with van der Waals surface area (Å²) in [5.41, 5.74) is 5.64. The van der Waals surface area contributed by atoms with Crippen molar-refractivity contribution in [1.29, 1.82) is 0 Å². The van der Waals surface area contributed by atoms with Gasteiger partial charge in [0.2, 0.25) is 5.91 Å². The second kappa shape index (κ2) is 7.76. The van der Waals surface area contributed by atoms with Crippen LogP contribution in [-0.2, 0) is 11.3 Å². The number of likely N-dealkylation sites (N-methyl/N-ethyl adjacent to an activating group) is 1. The van der Waals surface area contributed by atoms with Gasteiger partial charge in [0.05, 0.1) is 13.1 Å². The predicted molar refractivity (Wildman–Crippen MR) is 83.6 cm³/mol. The average molecular weight is 295 g/mol. The van der Waals surface area contributed by atoms with Crippen LogP contribution in [0, 0.1) is 5.92 Å². The first-order chi connectivity index (χ1) is 9.69. The van der Waals surface area contributed by atoms with Gasteiger partial charge in [-0.3, -0.25) is 9.69 Å². The third-order valence-electron chi connectivity index (χ3n) is 3.94. The molecule has 2 N–H and O–H groups in total. The fourth-order valence-corrected chi connectivity index (χ4v) is 3.56. The van der Waals surface area contributed by atoms with Crippen molar-refractivity contribution in [3.8, 4) is 0 Å². The second-order valence-electron chi connectivity index (χ2n) is 5.65. The summed E-state index contributed by atoms with van der Waals surface area (Å²) in [6.45, 7) is 4.08. The van der Waals surface area contributed by atoms with Gasteiger partial charge in [0.25, 0.3) is 0 Å². The molecule has 1 fully saturated rings. The topological polar surface area (TPSA) is 49.6 Å². The largest absolute Gasteiger partial charge is 0.340 e. The zero-order valence-corrected chi connectivity index (χ0v) is 13.1. The molecule has 0 radical (unpaired) electrons. The Bertz CT molecular complexity index is 405. The maximum absolute atomic E-state index is 12.3. The Hall–Kier alpha value is -0.910. The standard InChI is InChI=1S/C15H25N3OS/c1-17(11-14-5-3-9-20-14)15(19)12-18-8-2-4-13(10-18)6-7-16/h3,5,9,13H,2,4,6-8,10-12,16H2,1H3. The van der Waals surface area contributed by atoms with Crippen molar-refractivity contribution in [2.75, 3.05) is 33.2 Å². The normalized spacial score (nSPS) is 20.0. The molecule has 5 heteroatoms. The lowest BCUT2D eigenvalue weighted by Gasteiger charge is -2.33. The smallest absolute Gasteiger partial charge is 0.236 e. The quantitative estimate of drug-likeness (QED) is 0.870. The minimum atomic E-state index is 0.215. The Morgan fingerprint density at radius 2 is 2.45 bits per heavy atom. The van der Waals surface area contributed by atoms with Crippen LogP contribution in [0.2, 0.25) is 0 Å². The molecule has 112 valence electrons. The van der Waals surface area contributed by atoms with Crippen LogP contribution in [0.4, 0.5) is 0 Å². The molecule has 1 aromatic rings. The van der Waals surface area contributed by atoms with Crippen LogP contribution in [0.5, 0.6) is 0 Å². The van der Waals surface area contributed by atoms with E-state index in [9.17, 15) is 4.79 Å². The van der Waals surface area contributed by atoms with Gasteiger partial charge < -0.3 is 10.6 Å². The molecular weight excluding hydrogens is 270 g/mol. The molecule has 1 unspecified atom stereocenters. The average Bonchev–Trinajstić information content (AvgIpc) is 2.92. The van der Waals surface area contributed by atoms with Gasteiger partial charge in [-0.25, -0.2) is 0 Å². The van der Waals surface area contributed by atoms with Crippen molar-refractivity contribution in [2.45, 2.75) is 25.8 Å². The number of nitrogens with zero attached hydrogens (tertiary/aromatic N) is 2. The predicted octanol–water partition coefficient (Wildman–Crippen LogP) is 1.77. The van der Waals surface area contributed by atoms with Crippen molar-refractivity contribution >= 4 is 17.2 Å². The fraction of sp³-hybridized carbons (Fsp3) is 0.667. The van der Waals surface area contributed by atoms with E-state index in [-0.39, 0.29) is 5.91 Å². The first kappa shape index (κ1) is 15.5. The minimum Gasteiger partial charge on any atom is -0.340 e. The summed E-state index contributed by atoms with van der Waals surface area (Å²) in [5.74, 6) is 0.885. The van der Waals surface area contributed by atoms with Gasteiger partial charge in [0.1, 0.15) is 0 Å². The van der Waals surface area contributed by atoms with Gasteiger partial charge in [-0.05, 0) is 49.7 Å². The van der Waals surface area contributed by atoms with E-state index >= 15 is 0 Å². The lowest BCUT2D eigenvalue weighted by atomic mass is 9.95. The molecule has 20 heavy (non-hydrogen) atoms. The van der Waals surface area contributed by atoms with Gasteiger partial charge in [-0.2, -0.15) is 0 Å². The summed E-state index contributed by atoms with van der Waals surface area (Å²) in [4.78, 5) is 17.6. The highest BCUT2D eigenvalue weighted by Gasteiger charge is 2.22. The third kappa shape index (κ3) is 4.58. The van der Waals surface area contributed by atoms with Crippen molar-refractivity contribution in [2.24, 2.45) is 11.7 Å². The maximum atomic E-state index is 12.3. The molecule has 1 atom stereocenters. The van der Waals surface area contributed by atoms with E-state index < -0.39 is 0 Å². The maximum Gasteiger partial charge on any atom is 0.236 e. The zero-order valence-electron chi connectivity index (χ0n) is 12.3. The van der Waals surface area contributed by atoms with Gasteiger partial charge in [0.15, 0.2) is 0 Å². The number of carbonyl (C=O) groups is 1. The minimum absolute atomic E-state index is 0.215. The first-order valence-corrected chi connectivity index (χ1v) is 8.25. The summed E-state index contributed by atoms with van der Waals surface area (Å²) >= 11 is 1.70. The molecule has 1 amide bonds. The zero-order chi connectivity index (χ0) is 14.4. The molecule has 0 spiro atoms. The molecule has 0 aromatic carbocycles. The molecule has 2 heterocycles. The number of piperidine rings is 1. The number of hydrogen-bond acceptors (Lipinski definition) is 4. The molecular formula is C15H25N3OS. The first-order valence-electron chi connectivity index (χ1n) is 7.38. The number of carbonyl (C=O) groups excluding carboxylic acids is 1. The highest BCUT2D eigenvalue weighted by molar-refractivity contribution is 7.09. The van der Waals surface area contributed by atoms with E-state index in [2.05, 4.69) is 16.3 Å². The molecule has 2 rings (SSSR count). The van der Waals surface area contributed by atoms with Crippen LogP contribution in [0.3, 0.4) is 0 Å². The van der Waals surface area contributed by atoms with Crippen molar-refractivity contribution in [3.05, 3.63) is 22.4 Å². The number of likely N-dealkylation sites (tertiary alicyclic amines) is 1. The molecule has 1 saturated heterocycles. The van der Waals surface area contributed by atoms with Crippen molar-refractivity contribution in [3.63, 3.8) is 0 Å². The Morgan fingerprint density at radius 3 is 3.15 bits per heavy atom. The fourth-order valence-electron chi connectivity index (χ4n) is 2.80. The summed E-state index contributed by atoms with van der Waals surface area (Å²) < 4.78 is 0. The highest BCUT2D eigenvalue weighted by atomic mass is 32.1. The summed E-state index contributed by atoms with van der Waals surface area (Å²) in [6.07, 6.45) is 3.52. The molecule has 0 saturated carbocycles. The Labute approximate surface area is 125 Å². The molecule has 0 aliphatic carbocycles. The van der Waals surface area contributed by atoms with E-state index in [1.165, 1.54) is 17.7 Å². The number of rotatable bonds is 6. The van der Waals surface area contributed by atoms with Crippen LogP contribution < -0.4 is 5.73 Å². The highest BCUT2D eigenvalue weighted by Crippen LogP contribution is 2.19. The number of nitrogens with two attached hydrogens (primary N) is 1. The van der Waals surface area contributed by atoms with Crippen LogP contribution in [0.1, 0.15) is 24.1 Å². The SMILES string of the molecule is CN(Cc1cccs1)C(=O)CN1CCCC(CCN)C1. The van der Waals surface area contributed by atoms with Crippen molar-refractivity contribution < 1.29 is 4.79 Å². The number of thiophene rings is 1. The van der Waals surface area contributed by atoms with E-state index in [4.69, 9.17) is 5.73 Å². The Kier molecular flexibility index (Phi) is 6.01. The lowest BCUT2D eigenvalue weighted by Crippen LogP contribution is -2.43. The molecule has 1 aliphatic heterocycles. The van der Waals surface area contributed by atoms with Crippen LogP contribution >= 0.6 is 11.3 Å². The van der Waals surface area contributed by atoms with Gasteiger partial charge in [0, 0.05) is 18.5 Å². The number of hydrogen-bond donors (Lipinski definition) is 1. The summed E-state index contributed by atoms with van der Waals surface area (Å²) in [5, 5.41) is 2.05. The Morgan fingerprint density at radius 1 is 1.60 bits per heavy atom. The Balaban J connectivity index is 1.78. The van der Waals surface area contributed by atoms with E-state index in [1.807, 2.05) is 18.0 Å². The second-order valence-corrected chi connectivity index (χ2v) is 6.68. The molecule has 4 nitrogen and oxygen atoms in total. The monoisotopic (exact) mass is 295 g/mol. The molecule has 1 aliphatic rings. The van der Waals surface area contributed by atoms with E-state index in [1.54, 1.807) is 11.3 Å². The van der Waals surface area contributed by atoms with Crippen LogP contribution in [0.15, 0.2) is 17.5 Å². The molecule has 1 aromatic heterocycles. The van der Waals surface area contributed by atoms with Crippen LogP contribution in [-0.4, -0.2) is 48.9 Å². The van der Waals surface area contributed by atoms with Crippen molar-refractivity contribution in [1.82, 2.24) is 9.80 Å². The van der Waals surface area contributed by atoms with Gasteiger partial charge in [-0.15, -0.1) is 11.3 Å². The molecule has 0 bridgehead atoms. The van der Waals surface area contributed by atoms with Crippen LogP contribution in [0.25, 0.3) is 0 Å². The van der Waals surface area contributed by atoms with Gasteiger partial charge in [-0.1, -0.05) is 6.07 Å². The number of amides is 1. The third-order valence-corrected chi connectivity index (χ3v) is 4.80.